The normalized spacial score (nSPS) is 16.4. The molecule has 98 valence electrons. The van der Waals surface area contributed by atoms with Crippen molar-refractivity contribution in [2.45, 2.75) is 0 Å². The summed E-state index contributed by atoms with van der Waals surface area (Å²) in [5.41, 5.74) is 3.04. The van der Waals surface area contributed by atoms with Crippen LogP contribution in [0.3, 0.4) is 0 Å². The maximum absolute atomic E-state index is 11.6. The van der Waals surface area contributed by atoms with Gasteiger partial charge in [-0.1, -0.05) is 18.2 Å². The van der Waals surface area contributed by atoms with Crippen LogP contribution in [-0.2, 0) is 9.57 Å². The van der Waals surface area contributed by atoms with Gasteiger partial charge in [0, 0.05) is 25.2 Å². The lowest BCUT2D eigenvalue weighted by Gasteiger charge is -2.26. The molecule has 0 spiro atoms. The monoisotopic (exact) mass is 250 g/mol. The molecule has 0 aromatic heterocycles. The van der Waals surface area contributed by atoms with Crippen molar-refractivity contribution in [3.8, 4) is 0 Å². The Morgan fingerprint density at radius 2 is 2.00 bits per heavy atom. The van der Waals surface area contributed by atoms with E-state index in [1.807, 2.05) is 18.2 Å². The first-order chi connectivity index (χ1) is 8.86. The number of carbonyl (C=O) groups excluding carboxylic acids is 1. The molecule has 1 aromatic rings. The van der Waals surface area contributed by atoms with Gasteiger partial charge in [-0.3, -0.25) is 14.5 Å². The Labute approximate surface area is 107 Å². The molecule has 0 unspecified atom stereocenters. The summed E-state index contributed by atoms with van der Waals surface area (Å²) in [5, 5.41) is 0. The predicted octanol–water partition coefficient (Wildman–Crippen LogP) is 0.680. The minimum Gasteiger partial charge on any atom is -0.379 e. The number of nitrogens with one attached hydrogen (secondary N) is 1. The van der Waals surface area contributed by atoms with E-state index in [9.17, 15) is 4.79 Å². The van der Waals surface area contributed by atoms with Crippen molar-refractivity contribution < 1.29 is 14.4 Å². The van der Waals surface area contributed by atoms with Crippen LogP contribution in [0.15, 0.2) is 30.3 Å². The third-order valence-electron chi connectivity index (χ3n) is 2.81. The van der Waals surface area contributed by atoms with Crippen LogP contribution >= 0.6 is 0 Å². The van der Waals surface area contributed by atoms with Crippen LogP contribution in [0.2, 0.25) is 0 Å². The molecule has 2 rings (SSSR count). The summed E-state index contributed by atoms with van der Waals surface area (Å²) < 4.78 is 5.25. The molecular formula is C13H18N2O3. The Morgan fingerprint density at radius 3 is 2.72 bits per heavy atom. The molecule has 1 aromatic carbocycles. The fourth-order valence-electron chi connectivity index (χ4n) is 1.76. The first kappa shape index (κ1) is 13.0. The molecule has 1 aliphatic rings. The number of nitrogens with zero attached hydrogens (tertiary/aromatic N) is 1. The van der Waals surface area contributed by atoms with Crippen molar-refractivity contribution in [2.75, 3.05) is 39.5 Å². The number of hydroxylamine groups is 1. The van der Waals surface area contributed by atoms with Crippen LogP contribution < -0.4 is 5.48 Å². The molecule has 5 heteroatoms. The van der Waals surface area contributed by atoms with E-state index in [1.165, 1.54) is 0 Å². The van der Waals surface area contributed by atoms with Gasteiger partial charge in [-0.05, 0) is 12.1 Å². The van der Waals surface area contributed by atoms with Crippen molar-refractivity contribution in [1.82, 2.24) is 10.4 Å². The lowest BCUT2D eigenvalue weighted by atomic mass is 10.2. The van der Waals surface area contributed by atoms with Gasteiger partial charge in [0.2, 0.25) is 0 Å². The Morgan fingerprint density at radius 1 is 1.28 bits per heavy atom. The molecule has 0 bridgehead atoms. The number of ether oxygens (including phenoxy) is 1. The summed E-state index contributed by atoms with van der Waals surface area (Å²) in [6, 6.07) is 9.02. The third-order valence-corrected chi connectivity index (χ3v) is 2.81. The van der Waals surface area contributed by atoms with E-state index >= 15 is 0 Å². The average molecular weight is 250 g/mol. The molecule has 18 heavy (non-hydrogen) atoms. The quantitative estimate of drug-likeness (QED) is 0.617. The number of carbonyl (C=O) groups is 1. The highest BCUT2D eigenvalue weighted by Gasteiger charge is 2.10. The van der Waals surface area contributed by atoms with Crippen LogP contribution in [0.5, 0.6) is 0 Å². The highest BCUT2D eigenvalue weighted by atomic mass is 16.7. The summed E-state index contributed by atoms with van der Waals surface area (Å²) in [6.45, 7) is 4.69. The minimum absolute atomic E-state index is 0.211. The average Bonchev–Trinajstić information content (AvgIpc) is 2.45. The number of amides is 1. The van der Waals surface area contributed by atoms with E-state index in [-0.39, 0.29) is 5.91 Å². The maximum Gasteiger partial charge on any atom is 0.274 e. The van der Waals surface area contributed by atoms with Gasteiger partial charge in [0.15, 0.2) is 0 Å². The van der Waals surface area contributed by atoms with E-state index in [0.717, 1.165) is 32.8 Å². The van der Waals surface area contributed by atoms with Crippen LogP contribution in [-0.4, -0.2) is 50.3 Å². The Hall–Kier alpha value is -1.43. The van der Waals surface area contributed by atoms with Crippen LogP contribution in [0.1, 0.15) is 10.4 Å². The molecule has 0 aliphatic carbocycles. The maximum atomic E-state index is 11.6. The molecule has 5 nitrogen and oxygen atoms in total. The summed E-state index contributed by atoms with van der Waals surface area (Å²) in [4.78, 5) is 19.0. The summed E-state index contributed by atoms with van der Waals surface area (Å²) in [7, 11) is 0. The lowest BCUT2D eigenvalue weighted by Crippen LogP contribution is -2.39. The summed E-state index contributed by atoms with van der Waals surface area (Å²) in [6.07, 6.45) is 0. The fourth-order valence-corrected chi connectivity index (χ4v) is 1.76. The summed E-state index contributed by atoms with van der Waals surface area (Å²) >= 11 is 0. The molecule has 1 N–H and O–H groups in total. The second-order valence-electron chi connectivity index (χ2n) is 4.10. The number of morpholine rings is 1. The standard InChI is InChI=1S/C13H18N2O3/c16-13(12-4-2-1-3-5-12)14-18-11-8-15-6-9-17-10-7-15/h1-5H,6-11H2,(H,14,16). The SMILES string of the molecule is O=C(NOCCN1CCOCC1)c1ccccc1. The second-order valence-corrected chi connectivity index (χ2v) is 4.10. The zero-order valence-electron chi connectivity index (χ0n) is 10.3. The molecule has 0 atom stereocenters. The molecule has 1 saturated heterocycles. The first-order valence-electron chi connectivity index (χ1n) is 6.13. The minimum atomic E-state index is -0.211. The van der Waals surface area contributed by atoms with Gasteiger partial charge in [-0.25, -0.2) is 5.48 Å². The van der Waals surface area contributed by atoms with Crippen LogP contribution in [0.25, 0.3) is 0 Å². The number of hydrogen-bond donors (Lipinski definition) is 1. The molecular weight excluding hydrogens is 232 g/mol. The number of benzene rings is 1. The Kier molecular flexibility index (Phi) is 5.14. The number of hydrogen-bond acceptors (Lipinski definition) is 4. The second kappa shape index (κ2) is 7.10. The molecule has 1 fully saturated rings. The van der Waals surface area contributed by atoms with Crippen molar-refractivity contribution in [1.29, 1.82) is 0 Å². The predicted molar refractivity (Wildman–Crippen MR) is 67.1 cm³/mol. The molecule has 0 saturated carbocycles. The van der Waals surface area contributed by atoms with Gasteiger partial charge < -0.3 is 4.74 Å². The molecule has 1 heterocycles. The van der Waals surface area contributed by atoms with E-state index < -0.39 is 0 Å². The smallest absolute Gasteiger partial charge is 0.274 e. The lowest BCUT2D eigenvalue weighted by molar-refractivity contribution is -0.00177. The molecule has 1 aliphatic heterocycles. The Bertz CT molecular complexity index is 364. The van der Waals surface area contributed by atoms with Crippen molar-refractivity contribution in [3.05, 3.63) is 35.9 Å². The van der Waals surface area contributed by atoms with E-state index in [1.54, 1.807) is 12.1 Å². The molecule has 0 radical (unpaired) electrons. The van der Waals surface area contributed by atoms with E-state index in [4.69, 9.17) is 9.57 Å². The van der Waals surface area contributed by atoms with Gasteiger partial charge in [-0.2, -0.15) is 0 Å². The third kappa shape index (κ3) is 4.10. The zero-order chi connectivity index (χ0) is 12.6. The first-order valence-corrected chi connectivity index (χ1v) is 6.13. The van der Waals surface area contributed by atoms with Crippen molar-refractivity contribution >= 4 is 5.91 Å². The van der Waals surface area contributed by atoms with Gasteiger partial charge in [0.25, 0.3) is 5.91 Å². The van der Waals surface area contributed by atoms with Crippen molar-refractivity contribution in [3.63, 3.8) is 0 Å². The van der Waals surface area contributed by atoms with Gasteiger partial charge >= 0.3 is 0 Å². The van der Waals surface area contributed by atoms with Gasteiger partial charge in [-0.15, -0.1) is 0 Å². The summed E-state index contributed by atoms with van der Waals surface area (Å²) in [5.74, 6) is -0.211. The fraction of sp³-hybridized carbons (Fsp3) is 0.462. The van der Waals surface area contributed by atoms with E-state index in [0.29, 0.717) is 12.2 Å². The largest absolute Gasteiger partial charge is 0.379 e. The van der Waals surface area contributed by atoms with Crippen LogP contribution in [0, 0.1) is 0 Å². The number of rotatable bonds is 5. The van der Waals surface area contributed by atoms with Gasteiger partial charge in [0.1, 0.15) is 0 Å². The highest BCUT2D eigenvalue weighted by Crippen LogP contribution is 1.98. The highest BCUT2D eigenvalue weighted by molar-refractivity contribution is 5.93. The van der Waals surface area contributed by atoms with E-state index in [2.05, 4.69) is 10.4 Å². The topological polar surface area (TPSA) is 50.8 Å². The van der Waals surface area contributed by atoms with Crippen molar-refractivity contribution in [2.24, 2.45) is 0 Å². The Balaban J connectivity index is 1.62. The van der Waals surface area contributed by atoms with Crippen LogP contribution in [0.4, 0.5) is 0 Å². The molecule has 1 amide bonds. The van der Waals surface area contributed by atoms with Gasteiger partial charge in [0.05, 0.1) is 19.8 Å². The zero-order valence-corrected chi connectivity index (χ0v) is 10.3.